The molecule has 0 spiro atoms. The third kappa shape index (κ3) is 6.45. The second kappa shape index (κ2) is 11.0. The van der Waals surface area contributed by atoms with Crippen molar-refractivity contribution in [2.24, 2.45) is 0 Å². The summed E-state index contributed by atoms with van der Waals surface area (Å²) < 4.78 is 5.72. The number of hydrogen-bond donors (Lipinski definition) is 2. The molecule has 0 aliphatic carbocycles. The Morgan fingerprint density at radius 2 is 1.89 bits per heavy atom. The van der Waals surface area contributed by atoms with Crippen molar-refractivity contribution < 1.29 is 14.6 Å². The van der Waals surface area contributed by atoms with Crippen molar-refractivity contribution in [3.05, 3.63) is 48.7 Å². The number of benzene rings is 1. The van der Waals surface area contributed by atoms with Crippen LogP contribution in [0.1, 0.15) is 13.8 Å². The summed E-state index contributed by atoms with van der Waals surface area (Å²) in [7, 11) is 0. The van der Waals surface area contributed by atoms with Crippen molar-refractivity contribution in [1.82, 2.24) is 15.2 Å². The Morgan fingerprint density at radius 3 is 2.48 bits per heavy atom. The van der Waals surface area contributed by atoms with E-state index in [0.29, 0.717) is 19.0 Å². The fourth-order valence-electron chi connectivity index (χ4n) is 2.64. The van der Waals surface area contributed by atoms with Crippen molar-refractivity contribution in [2.45, 2.75) is 13.8 Å². The number of amides is 2. The van der Waals surface area contributed by atoms with Crippen molar-refractivity contribution in [2.75, 3.05) is 44.2 Å². The number of aliphatic hydroxyl groups is 1. The lowest BCUT2D eigenvalue weighted by Gasteiger charge is -2.28. The number of nitrogens with one attached hydrogen (secondary N) is 1. The number of nitrogens with zero attached hydrogens (tertiary/aromatic N) is 3. The molecule has 0 fully saturated rings. The maximum absolute atomic E-state index is 12.1. The molecule has 27 heavy (non-hydrogen) atoms. The van der Waals surface area contributed by atoms with E-state index >= 15 is 0 Å². The van der Waals surface area contributed by atoms with E-state index in [2.05, 4.69) is 22.1 Å². The van der Waals surface area contributed by atoms with Gasteiger partial charge in [-0.15, -0.1) is 0 Å². The van der Waals surface area contributed by atoms with Crippen LogP contribution in [0.3, 0.4) is 0 Å². The number of likely N-dealkylation sites (N-methyl/N-ethyl adjacent to an activating group) is 2. The number of pyridine rings is 1. The molecule has 0 atom stereocenters. The highest BCUT2D eigenvalue weighted by atomic mass is 16.5. The summed E-state index contributed by atoms with van der Waals surface area (Å²) in [5.41, 5.74) is 1.07. The van der Waals surface area contributed by atoms with E-state index in [1.165, 1.54) is 0 Å². The number of ether oxygens (including phenoxy) is 1. The van der Waals surface area contributed by atoms with Gasteiger partial charge >= 0.3 is 6.03 Å². The first-order valence-electron chi connectivity index (χ1n) is 9.25. The molecule has 0 saturated heterocycles. The molecular weight excluding hydrogens is 344 g/mol. The van der Waals surface area contributed by atoms with Crippen molar-refractivity contribution >= 4 is 11.7 Å². The molecule has 2 amide bonds. The Labute approximate surface area is 160 Å². The number of carbonyl (C=O) groups excluding carboxylic acids is 1. The second-order valence-corrected chi connectivity index (χ2v) is 5.88. The fraction of sp³-hybridized carbons (Fsp3) is 0.400. The fourth-order valence-corrected chi connectivity index (χ4v) is 2.64. The van der Waals surface area contributed by atoms with Gasteiger partial charge in [-0.2, -0.15) is 0 Å². The topological polar surface area (TPSA) is 77.9 Å². The molecule has 2 rings (SSSR count). The Hall–Kier alpha value is -2.80. The van der Waals surface area contributed by atoms with Gasteiger partial charge in [0.2, 0.25) is 5.88 Å². The van der Waals surface area contributed by atoms with Crippen LogP contribution in [0.25, 0.3) is 0 Å². The van der Waals surface area contributed by atoms with E-state index in [4.69, 9.17) is 9.84 Å². The smallest absolute Gasteiger partial charge is 0.317 e. The van der Waals surface area contributed by atoms with Gasteiger partial charge in [0.15, 0.2) is 0 Å². The number of aliphatic hydroxyl groups excluding tert-OH is 1. The number of aromatic nitrogens is 1. The predicted molar refractivity (Wildman–Crippen MR) is 106 cm³/mol. The zero-order valence-electron chi connectivity index (χ0n) is 16.0. The highest BCUT2D eigenvalue weighted by Gasteiger charge is 2.13. The highest BCUT2D eigenvalue weighted by molar-refractivity contribution is 5.74. The minimum Gasteiger partial charge on any atom is -0.439 e. The van der Waals surface area contributed by atoms with Gasteiger partial charge in [-0.1, -0.05) is 6.07 Å². The van der Waals surface area contributed by atoms with Crippen LogP contribution in [0.4, 0.5) is 10.5 Å². The molecule has 0 radical (unpaired) electrons. The summed E-state index contributed by atoms with van der Waals surface area (Å²) in [6.45, 7) is 7.01. The van der Waals surface area contributed by atoms with Crippen LogP contribution in [0.2, 0.25) is 0 Å². The molecule has 0 aliphatic rings. The average Bonchev–Trinajstić information content (AvgIpc) is 2.71. The molecule has 0 bridgehead atoms. The van der Waals surface area contributed by atoms with Crippen LogP contribution >= 0.6 is 0 Å². The summed E-state index contributed by atoms with van der Waals surface area (Å²) in [6, 6.07) is 13.2. The largest absolute Gasteiger partial charge is 0.439 e. The third-order valence-corrected chi connectivity index (χ3v) is 4.14. The molecule has 1 aromatic carbocycles. The molecule has 7 nitrogen and oxygen atoms in total. The predicted octanol–water partition coefficient (Wildman–Crippen LogP) is 2.72. The Bertz CT molecular complexity index is 679. The number of hydrogen-bond acceptors (Lipinski definition) is 5. The Balaban J connectivity index is 1.93. The van der Waals surface area contributed by atoms with Gasteiger partial charge in [-0.25, -0.2) is 9.78 Å². The van der Waals surface area contributed by atoms with Gasteiger partial charge in [0.25, 0.3) is 0 Å². The van der Waals surface area contributed by atoms with E-state index in [1.54, 1.807) is 11.1 Å². The standard InChI is InChI=1S/C20H28N4O3/c1-3-23(14-15-24(4-2)20(26)22-13-16-25)17-8-10-18(11-9-17)27-19-7-5-6-12-21-19/h5-12,25H,3-4,13-16H2,1-2H3,(H,22,26). The summed E-state index contributed by atoms with van der Waals surface area (Å²) in [6.07, 6.45) is 1.69. The second-order valence-electron chi connectivity index (χ2n) is 5.88. The minimum absolute atomic E-state index is 0.0582. The Morgan fingerprint density at radius 1 is 1.11 bits per heavy atom. The summed E-state index contributed by atoms with van der Waals surface area (Å²) in [4.78, 5) is 20.1. The molecule has 0 unspecified atom stereocenters. The number of rotatable bonds is 10. The first kappa shape index (κ1) is 20.5. The van der Waals surface area contributed by atoms with Crippen molar-refractivity contribution in [3.8, 4) is 11.6 Å². The summed E-state index contributed by atoms with van der Waals surface area (Å²) in [5, 5.41) is 11.5. The van der Waals surface area contributed by atoms with Gasteiger partial charge in [-0.3, -0.25) is 0 Å². The van der Waals surface area contributed by atoms with Gasteiger partial charge in [-0.05, 0) is 44.2 Å². The molecular formula is C20H28N4O3. The van der Waals surface area contributed by atoms with Gasteiger partial charge in [0.05, 0.1) is 6.61 Å². The first-order valence-corrected chi connectivity index (χ1v) is 9.25. The van der Waals surface area contributed by atoms with Crippen LogP contribution in [0, 0.1) is 0 Å². The maximum atomic E-state index is 12.1. The summed E-state index contributed by atoms with van der Waals surface area (Å²) >= 11 is 0. The quantitative estimate of drug-likeness (QED) is 0.670. The Kier molecular flexibility index (Phi) is 8.38. The average molecular weight is 372 g/mol. The van der Waals surface area contributed by atoms with E-state index in [0.717, 1.165) is 24.5 Å². The van der Waals surface area contributed by atoms with Crippen molar-refractivity contribution in [1.29, 1.82) is 0 Å². The third-order valence-electron chi connectivity index (χ3n) is 4.14. The molecule has 0 aliphatic heterocycles. The lowest BCUT2D eigenvalue weighted by Crippen LogP contribution is -2.44. The SMILES string of the molecule is CCN(CCN(CC)c1ccc(Oc2ccccn2)cc1)C(=O)NCCO. The van der Waals surface area contributed by atoms with Crippen LogP contribution < -0.4 is 15.0 Å². The van der Waals surface area contributed by atoms with Gasteiger partial charge in [0, 0.05) is 50.7 Å². The molecule has 146 valence electrons. The zero-order chi connectivity index (χ0) is 19.5. The van der Waals surface area contributed by atoms with Crippen LogP contribution in [0.5, 0.6) is 11.6 Å². The molecule has 1 heterocycles. The lowest BCUT2D eigenvalue weighted by atomic mass is 10.2. The molecule has 1 aromatic heterocycles. The van der Waals surface area contributed by atoms with Crippen LogP contribution in [-0.2, 0) is 0 Å². The summed E-state index contributed by atoms with van der Waals surface area (Å²) in [5.74, 6) is 1.29. The maximum Gasteiger partial charge on any atom is 0.317 e. The lowest BCUT2D eigenvalue weighted by molar-refractivity contribution is 0.197. The van der Waals surface area contributed by atoms with E-state index in [-0.39, 0.29) is 19.2 Å². The zero-order valence-corrected chi connectivity index (χ0v) is 16.0. The number of anilines is 1. The minimum atomic E-state index is -0.151. The highest BCUT2D eigenvalue weighted by Crippen LogP contribution is 2.23. The van der Waals surface area contributed by atoms with E-state index < -0.39 is 0 Å². The first-order chi connectivity index (χ1) is 13.2. The van der Waals surface area contributed by atoms with Gasteiger partial charge < -0.3 is 25.0 Å². The van der Waals surface area contributed by atoms with Gasteiger partial charge in [0.1, 0.15) is 5.75 Å². The monoisotopic (exact) mass is 372 g/mol. The molecule has 7 heteroatoms. The van der Waals surface area contributed by atoms with Crippen LogP contribution in [0.15, 0.2) is 48.7 Å². The number of urea groups is 1. The molecule has 2 N–H and O–H groups in total. The van der Waals surface area contributed by atoms with Crippen LogP contribution in [-0.4, -0.2) is 60.4 Å². The normalized spacial score (nSPS) is 10.3. The number of carbonyl (C=O) groups is 1. The molecule has 0 saturated carbocycles. The van der Waals surface area contributed by atoms with E-state index in [1.807, 2.05) is 49.4 Å². The van der Waals surface area contributed by atoms with E-state index in [9.17, 15) is 4.79 Å². The van der Waals surface area contributed by atoms with Crippen molar-refractivity contribution in [3.63, 3.8) is 0 Å². The molecule has 2 aromatic rings.